The minimum atomic E-state index is -1.45. The molecule has 15 nitrogen and oxygen atoms in total. The van der Waals surface area contributed by atoms with Gasteiger partial charge in [-0.25, -0.2) is 9.59 Å². The van der Waals surface area contributed by atoms with Gasteiger partial charge in [0, 0.05) is 56.8 Å². The zero-order valence-electron chi connectivity index (χ0n) is 41.7. The molecule has 1 heterocycles. The zero-order valence-corrected chi connectivity index (χ0v) is 41.7. The van der Waals surface area contributed by atoms with Crippen molar-refractivity contribution in [3.05, 3.63) is 71.8 Å². The summed E-state index contributed by atoms with van der Waals surface area (Å²) in [5.41, 5.74) is 5.02. The van der Waals surface area contributed by atoms with Crippen LogP contribution in [0.25, 0.3) is 0 Å². The number of hydrogen-bond donors (Lipinski definition) is 4. The number of Topliss-reactive ketones (excluding diaryl/α,β-unsaturated/α-hetero) is 2. The molecule has 0 unspecified atom stereocenters. The first-order valence-corrected chi connectivity index (χ1v) is 24.0. The Hall–Kier alpha value is -5.31. The largest absolute Gasteiger partial charge is 0.480 e. The Morgan fingerprint density at radius 3 is 1.93 bits per heavy atom. The molecule has 0 radical (unpaired) electrons. The lowest BCUT2D eigenvalue weighted by Gasteiger charge is -2.38. The van der Waals surface area contributed by atoms with Crippen molar-refractivity contribution in [3.63, 3.8) is 0 Å². The van der Waals surface area contributed by atoms with Crippen LogP contribution in [-0.4, -0.2) is 112 Å². The Morgan fingerprint density at radius 2 is 1.39 bits per heavy atom. The molecule has 15 heteroatoms. The summed E-state index contributed by atoms with van der Waals surface area (Å²) in [7, 11) is 0. The number of piperidine rings is 1. The van der Waals surface area contributed by atoms with Crippen molar-refractivity contribution >= 4 is 41.5 Å². The molecule has 372 valence electrons. The van der Waals surface area contributed by atoms with E-state index in [1.54, 1.807) is 46.4 Å². The number of ketones is 2. The lowest BCUT2D eigenvalue weighted by Crippen LogP contribution is -2.57. The van der Waals surface area contributed by atoms with Gasteiger partial charge in [0.2, 0.25) is 11.8 Å². The molecule has 5 N–H and O–H groups in total. The summed E-state index contributed by atoms with van der Waals surface area (Å²) in [6, 6.07) is 18.1. The van der Waals surface area contributed by atoms with Gasteiger partial charge >= 0.3 is 18.2 Å². The molecule has 0 spiro atoms. The van der Waals surface area contributed by atoms with Crippen LogP contribution in [0.1, 0.15) is 138 Å². The molecule has 4 amide bonds. The summed E-state index contributed by atoms with van der Waals surface area (Å²) >= 11 is 0. The van der Waals surface area contributed by atoms with Crippen molar-refractivity contribution in [3.8, 4) is 0 Å². The number of carboxylic acid groups (broad SMARTS) is 1. The first kappa shape index (κ1) is 56.0. The van der Waals surface area contributed by atoms with E-state index in [0.717, 1.165) is 11.1 Å². The van der Waals surface area contributed by atoms with E-state index >= 15 is 0 Å². The van der Waals surface area contributed by atoms with Gasteiger partial charge in [-0.2, -0.15) is 0 Å². The minimum absolute atomic E-state index is 0.0340. The quantitative estimate of drug-likeness (QED) is 0.0749. The second-order valence-corrected chi connectivity index (χ2v) is 21.0. The molecule has 0 bridgehead atoms. The molecule has 1 aliphatic rings. The average Bonchev–Trinajstić information content (AvgIpc) is 3.23. The molecule has 4 atom stereocenters. The van der Waals surface area contributed by atoms with Crippen LogP contribution < -0.4 is 16.4 Å². The van der Waals surface area contributed by atoms with E-state index in [9.17, 15) is 38.7 Å². The Bertz CT molecular complexity index is 1930. The highest BCUT2D eigenvalue weighted by Crippen LogP contribution is 2.28. The number of nitrogens with zero attached hydrogens (tertiary/aromatic N) is 2. The number of unbranched alkanes of at least 4 members (excludes halogenated alkanes) is 1. The van der Waals surface area contributed by atoms with Crippen molar-refractivity contribution in [2.24, 2.45) is 29.4 Å². The topological polar surface area (TPSA) is 215 Å². The van der Waals surface area contributed by atoms with Gasteiger partial charge in [-0.15, -0.1) is 0 Å². The number of benzene rings is 2. The van der Waals surface area contributed by atoms with Crippen LogP contribution in [0.3, 0.4) is 0 Å². The standard InChI is InChI=1S/C52H79N5O10/c1-35(2)29-43(44(59)32-39(23-17-18-26-54-48(64)66-50(5,6)7)46(61)56-27-24-52(53,25-28-56)47(62)63)55-45(60)40(30-37-19-13-11-14-20-37)31-41(58)33-57(49(65)67-51(8,9)10)34-42(36(3)4)38-21-15-12-16-22-38/h11-16,19-22,35-36,39-40,42-43H,17-18,23-34,53H2,1-10H3,(H,54,64)(H,55,60)(H,62,63)/t39-,40-,42+,43+/m0/s1. The lowest BCUT2D eigenvalue weighted by atomic mass is 9.86. The normalized spacial score (nSPS) is 15.7. The number of carbonyl (C=O) groups excluding carboxylic acids is 6. The van der Waals surface area contributed by atoms with E-state index in [4.69, 9.17) is 15.2 Å². The first-order chi connectivity index (χ1) is 31.3. The number of nitrogens with one attached hydrogen (secondary N) is 2. The van der Waals surface area contributed by atoms with Gasteiger partial charge in [0.05, 0.1) is 12.6 Å². The molecule has 3 rings (SSSR count). The Kier molecular flexibility index (Phi) is 21.5. The molecular weight excluding hydrogens is 855 g/mol. The van der Waals surface area contributed by atoms with Crippen LogP contribution in [-0.2, 0) is 39.9 Å². The van der Waals surface area contributed by atoms with Gasteiger partial charge in [0.15, 0.2) is 11.6 Å². The van der Waals surface area contributed by atoms with Crippen LogP contribution in [0.5, 0.6) is 0 Å². The van der Waals surface area contributed by atoms with Gasteiger partial charge in [-0.1, -0.05) is 94.8 Å². The highest BCUT2D eigenvalue weighted by atomic mass is 16.6. The van der Waals surface area contributed by atoms with Crippen molar-refractivity contribution in [2.75, 3.05) is 32.7 Å². The first-order valence-electron chi connectivity index (χ1n) is 24.0. The average molecular weight is 934 g/mol. The third-order valence-electron chi connectivity index (χ3n) is 11.9. The number of carbonyl (C=O) groups is 7. The Balaban J connectivity index is 1.87. The number of nitrogens with two attached hydrogens (primary N) is 1. The van der Waals surface area contributed by atoms with E-state index < -0.39 is 58.7 Å². The van der Waals surface area contributed by atoms with E-state index in [1.165, 1.54) is 4.90 Å². The fourth-order valence-electron chi connectivity index (χ4n) is 8.23. The van der Waals surface area contributed by atoms with Gasteiger partial charge in [0.1, 0.15) is 16.7 Å². The molecule has 67 heavy (non-hydrogen) atoms. The van der Waals surface area contributed by atoms with Gasteiger partial charge < -0.3 is 40.7 Å². The Morgan fingerprint density at radius 1 is 0.806 bits per heavy atom. The van der Waals surface area contributed by atoms with Crippen molar-refractivity contribution < 1.29 is 48.1 Å². The zero-order chi connectivity index (χ0) is 50.1. The number of rotatable bonds is 24. The second-order valence-electron chi connectivity index (χ2n) is 21.0. The van der Waals surface area contributed by atoms with Crippen LogP contribution in [0.15, 0.2) is 60.7 Å². The highest BCUT2D eigenvalue weighted by molar-refractivity contribution is 5.95. The number of alkyl carbamates (subject to hydrolysis) is 1. The molecule has 0 aliphatic carbocycles. The summed E-state index contributed by atoms with van der Waals surface area (Å²) in [5.74, 6) is -4.33. The van der Waals surface area contributed by atoms with Crippen LogP contribution in [0, 0.1) is 23.7 Å². The number of carboxylic acids is 1. The SMILES string of the molecule is CC(C)C[C@@H](NC(=O)[C@H](CC(=O)CN(C[C@@H](c1ccccc1)C(C)C)C(=O)OC(C)(C)C)Cc1ccccc1)C(=O)C[C@H](CCCCNC(=O)OC(C)(C)C)C(=O)N1CCC(N)(C(=O)O)CC1. The summed E-state index contributed by atoms with van der Waals surface area (Å²) in [6.45, 7) is 19.0. The smallest absolute Gasteiger partial charge is 0.410 e. The summed E-state index contributed by atoms with van der Waals surface area (Å²) < 4.78 is 11.1. The summed E-state index contributed by atoms with van der Waals surface area (Å²) in [5, 5.41) is 15.4. The summed E-state index contributed by atoms with van der Waals surface area (Å²) in [6.07, 6.45) is 0.267. The maximum atomic E-state index is 14.5. The third-order valence-corrected chi connectivity index (χ3v) is 11.9. The van der Waals surface area contributed by atoms with E-state index in [-0.39, 0.29) is 106 Å². The van der Waals surface area contributed by atoms with Crippen molar-refractivity contribution in [1.82, 2.24) is 20.4 Å². The van der Waals surface area contributed by atoms with Gasteiger partial charge in [0.25, 0.3) is 0 Å². The monoisotopic (exact) mass is 934 g/mol. The molecule has 1 aliphatic heterocycles. The predicted octanol–water partition coefficient (Wildman–Crippen LogP) is 7.69. The highest BCUT2D eigenvalue weighted by Gasteiger charge is 2.41. The molecule has 0 aromatic heterocycles. The molecule has 0 saturated carbocycles. The van der Waals surface area contributed by atoms with Gasteiger partial charge in [-0.05, 0) is 103 Å². The Labute approximate surface area is 398 Å². The number of amides is 4. The van der Waals surface area contributed by atoms with Crippen molar-refractivity contribution in [1.29, 1.82) is 0 Å². The number of aliphatic carboxylic acids is 1. The maximum Gasteiger partial charge on any atom is 0.410 e. The molecule has 2 aromatic carbocycles. The van der Waals surface area contributed by atoms with E-state index in [2.05, 4.69) is 24.5 Å². The lowest BCUT2D eigenvalue weighted by molar-refractivity contribution is -0.149. The van der Waals surface area contributed by atoms with Crippen LogP contribution >= 0.6 is 0 Å². The predicted molar refractivity (Wildman–Crippen MR) is 258 cm³/mol. The molecule has 1 saturated heterocycles. The fourth-order valence-corrected chi connectivity index (χ4v) is 8.23. The molecule has 1 fully saturated rings. The summed E-state index contributed by atoms with van der Waals surface area (Å²) in [4.78, 5) is 98.2. The van der Waals surface area contributed by atoms with Crippen molar-refractivity contribution in [2.45, 2.75) is 156 Å². The van der Waals surface area contributed by atoms with E-state index in [0.29, 0.717) is 19.3 Å². The number of likely N-dealkylation sites (tertiary alicyclic amines) is 1. The minimum Gasteiger partial charge on any atom is -0.480 e. The second kappa shape index (κ2) is 25.7. The third kappa shape index (κ3) is 19.8. The molecule has 2 aromatic rings. The van der Waals surface area contributed by atoms with E-state index in [1.807, 2.05) is 74.5 Å². The maximum absolute atomic E-state index is 14.5. The molecular formula is C52H79N5O10. The fraction of sp³-hybridized carbons (Fsp3) is 0.635. The van der Waals surface area contributed by atoms with Gasteiger partial charge in [-0.3, -0.25) is 24.0 Å². The number of ether oxygens (including phenoxy) is 2. The number of hydrogen-bond acceptors (Lipinski definition) is 10. The van der Waals surface area contributed by atoms with Crippen LogP contribution in [0.2, 0.25) is 0 Å². The van der Waals surface area contributed by atoms with Crippen LogP contribution in [0.4, 0.5) is 9.59 Å².